The fourth-order valence-corrected chi connectivity index (χ4v) is 1.24. The first kappa shape index (κ1) is 9.22. The molecule has 1 atom stereocenters. The largest absolute Gasteiger partial charge is 0.375 e. The molecular weight excluding hydrogens is 154 g/mol. The molecular formula is C8H15N3O. The summed E-state index contributed by atoms with van der Waals surface area (Å²) in [7, 11) is 3.59. The van der Waals surface area contributed by atoms with Crippen LogP contribution >= 0.6 is 0 Å². The highest BCUT2D eigenvalue weighted by atomic mass is 16.5. The molecule has 4 heteroatoms. The highest BCUT2D eigenvalue weighted by Crippen LogP contribution is 2.17. The third-order valence-electron chi connectivity index (χ3n) is 1.90. The molecule has 1 aromatic heterocycles. The number of hydrogen-bond donors (Lipinski definition) is 1. The summed E-state index contributed by atoms with van der Waals surface area (Å²) in [5.41, 5.74) is 6.52. The molecule has 12 heavy (non-hydrogen) atoms. The normalized spacial score (nSPS) is 13.2. The number of nitrogens with two attached hydrogens (primary N) is 1. The predicted molar refractivity (Wildman–Crippen MR) is 46.6 cm³/mol. The van der Waals surface area contributed by atoms with E-state index in [-0.39, 0.29) is 6.10 Å². The van der Waals surface area contributed by atoms with E-state index < -0.39 is 0 Å². The molecule has 1 unspecified atom stereocenters. The van der Waals surface area contributed by atoms with E-state index in [2.05, 4.69) is 5.10 Å². The number of aromatic nitrogens is 2. The van der Waals surface area contributed by atoms with Gasteiger partial charge in [0.2, 0.25) is 0 Å². The quantitative estimate of drug-likeness (QED) is 0.712. The van der Waals surface area contributed by atoms with Crippen molar-refractivity contribution >= 4 is 0 Å². The fourth-order valence-electron chi connectivity index (χ4n) is 1.24. The number of ether oxygens (including phenoxy) is 1. The Labute approximate surface area is 72.3 Å². The van der Waals surface area contributed by atoms with Crippen LogP contribution in [0, 0.1) is 0 Å². The van der Waals surface area contributed by atoms with Gasteiger partial charge in [-0.1, -0.05) is 0 Å². The molecule has 0 radical (unpaired) electrons. The predicted octanol–water partition coefficient (Wildman–Crippen LogP) is 0.456. The molecule has 0 aliphatic rings. The summed E-state index contributed by atoms with van der Waals surface area (Å²) in [6, 6.07) is 1.95. The van der Waals surface area contributed by atoms with Crippen LogP contribution in [0.25, 0.3) is 0 Å². The molecule has 4 nitrogen and oxygen atoms in total. The Morgan fingerprint density at radius 2 is 2.50 bits per heavy atom. The van der Waals surface area contributed by atoms with Crippen LogP contribution in [0.15, 0.2) is 12.3 Å². The Hall–Kier alpha value is -0.870. The molecule has 0 bridgehead atoms. The van der Waals surface area contributed by atoms with Gasteiger partial charge in [-0.2, -0.15) is 5.10 Å². The van der Waals surface area contributed by atoms with Crippen molar-refractivity contribution in [2.24, 2.45) is 12.8 Å². The van der Waals surface area contributed by atoms with Crippen LogP contribution in [0.3, 0.4) is 0 Å². The van der Waals surface area contributed by atoms with Crippen molar-refractivity contribution in [3.63, 3.8) is 0 Å². The van der Waals surface area contributed by atoms with Crippen molar-refractivity contribution in [2.75, 3.05) is 13.7 Å². The van der Waals surface area contributed by atoms with Crippen molar-refractivity contribution < 1.29 is 4.74 Å². The van der Waals surface area contributed by atoms with E-state index in [1.807, 2.05) is 17.8 Å². The highest BCUT2D eigenvalue weighted by molar-refractivity contribution is 5.04. The summed E-state index contributed by atoms with van der Waals surface area (Å²) in [5.74, 6) is 0. The number of nitrogens with zero attached hydrogens (tertiary/aromatic N) is 2. The van der Waals surface area contributed by atoms with Gasteiger partial charge < -0.3 is 10.5 Å². The lowest BCUT2D eigenvalue weighted by Gasteiger charge is -2.13. The van der Waals surface area contributed by atoms with E-state index in [1.54, 1.807) is 13.3 Å². The third-order valence-corrected chi connectivity index (χ3v) is 1.90. The summed E-state index contributed by atoms with van der Waals surface area (Å²) in [6.45, 7) is 0.629. The van der Waals surface area contributed by atoms with Crippen molar-refractivity contribution in [3.05, 3.63) is 18.0 Å². The van der Waals surface area contributed by atoms with Crippen LogP contribution in [0.4, 0.5) is 0 Å². The zero-order valence-corrected chi connectivity index (χ0v) is 7.53. The molecule has 1 rings (SSSR count). The molecule has 2 N–H and O–H groups in total. The molecule has 0 spiro atoms. The molecule has 0 fully saturated rings. The molecule has 0 aliphatic carbocycles. The zero-order chi connectivity index (χ0) is 8.97. The average molecular weight is 169 g/mol. The zero-order valence-electron chi connectivity index (χ0n) is 7.53. The second-order valence-corrected chi connectivity index (χ2v) is 2.68. The summed E-state index contributed by atoms with van der Waals surface area (Å²) in [6.07, 6.45) is 2.66. The number of aryl methyl sites for hydroxylation is 1. The summed E-state index contributed by atoms with van der Waals surface area (Å²) >= 11 is 0. The Balaban J connectivity index is 2.72. The minimum absolute atomic E-state index is 0.0718. The lowest BCUT2D eigenvalue weighted by molar-refractivity contribution is 0.0909. The second kappa shape index (κ2) is 4.23. The van der Waals surface area contributed by atoms with Crippen LogP contribution in [-0.2, 0) is 11.8 Å². The molecule has 0 saturated carbocycles. The maximum atomic E-state index is 5.45. The van der Waals surface area contributed by atoms with Gasteiger partial charge in [0.15, 0.2) is 0 Å². The van der Waals surface area contributed by atoms with E-state index in [9.17, 15) is 0 Å². The van der Waals surface area contributed by atoms with E-state index in [0.717, 1.165) is 12.1 Å². The molecule has 1 heterocycles. The standard InChI is InChI=1S/C8H15N3O/c1-11-7(4-6-10-11)8(12-2)3-5-9/h4,6,8H,3,5,9H2,1-2H3. The first-order valence-corrected chi connectivity index (χ1v) is 4.00. The average Bonchev–Trinajstić information content (AvgIpc) is 2.47. The van der Waals surface area contributed by atoms with Crippen molar-refractivity contribution in [1.29, 1.82) is 0 Å². The van der Waals surface area contributed by atoms with E-state index in [1.165, 1.54) is 0 Å². The van der Waals surface area contributed by atoms with Crippen LogP contribution in [0.5, 0.6) is 0 Å². The Bertz CT molecular complexity index is 234. The van der Waals surface area contributed by atoms with Crippen molar-refractivity contribution in [2.45, 2.75) is 12.5 Å². The van der Waals surface area contributed by atoms with Gasteiger partial charge in [0.05, 0.1) is 11.8 Å². The fraction of sp³-hybridized carbons (Fsp3) is 0.625. The Morgan fingerprint density at radius 1 is 1.75 bits per heavy atom. The molecule has 0 amide bonds. The smallest absolute Gasteiger partial charge is 0.0999 e. The molecule has 1 aromatic rings. The van der Waals surface area contributed by atoms with Crippen LogP contribution in [-0.4, -0.2) is 23.4 Å². The van der Waals surface area contributed by atoms with Gasteiger partial charge >= 0.3 is 0 Å². The Morgan fingerprint density at radius 3 is 2.92 bits per heavy atom. The van der Waals surface area contributed by atoms with Gasteiger partial charge in [0.25, 0.3) is 0 Å². The van der Waals surface area contributed by atoms with E-state index in [0.29, 0.717) is 6.54 Å². The maximum Gasteiger partial charge on any atom is 0.0999 e. The van der Waals surface area contributed by atoms with E-state index >= 15 is 0 Å². The number of methoxy groups -OCH3 is 1. The topological polar surface area (TPSA) is 53.1 Å². The van der Waals surface area contributed by atoms with Gasteiger partial charge in [-0.25, -0.2) is 0 Å². The minimum atomic E-state index is 0.0718. The minimum Gasteiger partial charge on any atom is -0.375 e. The number of hydrogen-bond acceptors (Lipinski definition) is 3. The summed E-state index contributed by atoms with van der Waals surface area (Å²) in [5, 5.41) is 4.06. The Kier molecular flexibility index (Phi) is 3.25. The third kappa shape index (κ3) is 1.84. The lowest BCUT2D eigenvalue weighted by atomic mass is 10.2. The van der Waals surface area contributed by atoms with Gasteiger partial charge in [0.1, 0.15) is 0 Å². The lowest BCUT2D eigenvalue weighted by Crippen LogP contribution is -2.12. The van der Waals surface area contributed by atoms with Gasteiger partial charge in [-0.05, 0) is 19.0 Å². The first-order chi connectivity index (χ1) is 5.79. The molecule has 0 aliphatic heterocycles. The molecule has 0 aromatic carbocycles. The van der Waals surface area contributed by atoms with Crippen LogP contribution < -0.4 is 5.73 Å². The summed E-state index contributed by atoms with van der Waals surface area (Å²) in [4.78, 5) is 0. The van der Waals surface area contributed by atoms with Gasteiger partial charge in [-0.3, -0.25) is 4.68 Å². The van der Waals surface area contributed by atoms with Gasteiger partial charge in [-0.15, -0.1) is 0 Å². The first-order valence-electron chi connectivity index (χ1n) is 4.00. The molecule has 0 saturated heterocycles. The number of rotatable bonds is 4. The van der Waals surface area contributed by atoms with Crippen LogP contribution in [0.2, 0.25) is 0 Å². The van der Waals surface area contributed by atoms with Gasteiger partial charge in [0, 0.05) is 20.4 Å². The molecule has 68 valence electrons. The monoisotopic (exact) mass is 169 g/mol. The second-order valence-electron chi connectivity index (χ2n) is 2.68. The van der Waals surface area contributed by atoms with Crippen molar-refractivity contribution in [3.8, 4) is 0 Å². The highest BCUT2D eigenvalue weighted by Gasteiger charge is 2.12. The van der Waals surface area contributed by atoms with Crippen LogP contribution in [0.1, 0.15) is 18.2 Å². The summed E-state index contributed by atoms with van der Waals surface area (Å²) < 4.78 is 7.08. The van der Waals surface area contributed by atoms with E-state index in [4.69, 9.17) is 10.5 Å². The van der Waals surface area contributed by atoms with Crippen molar-refractivity contribution in [1.82, 2.24) is 9.78 Å². The maximum absolute atomic E-state index is 5.45. The SMILES string of the molecule is COC(CCN)c1ccnn1C.